The number of halogens is 1. The highest BCUT2D eigenvalue weighted by Gasteiger charge is 2.20. The molecule has 0 heterocycles. The molecule has 0 saturated carbocycles. The number of rotatable bonds is 7. The SMILES string of the molecule is CCSCC(C)NS(=O)(=O)c1cc(CN)ccc1Cl. The van der Waals surface area contributed by atoms with Gasteiger partial charge in [0.2, 0.25) is 10.0 Å². The van der Waals surface area contributed by atoms with Crippen molar-refractivity contribution in [2.45, 2.75) is 31.3 Å². The fraction of sp³-hybridized carbons (Fsp3) is 0.500. The van der Waals surface area contributed by atoms with Crippen molar-refractivity contribution in [3.63, 3.8) is 0 Å². The molecule has 0 aliphatic carbocycles. The summed E-state index contributed by atoms with van der Waals surface area (Å²) in [5, 5.41) is 0.208. The largest absolute Gasteiger partial charge is 0.326 e. The standard InChI is InChI=1S/C12H19ClN2O2S2/c1-3-18-8-9(2)15-19(16,17)12-6-10(7-14)4-5-11(12)13/h4-6,9,15H,3,7-8,14H2,1-2H3. The summed E-state index contributed by atoms with van der Waals surface area (Å²) in [5.74, 6) is 1.68. The zero-order chi connectivity index (χ0) is 14.5. The Morgan fingerprint density at radius 3 is 2.74 bits per heavy atom. The highest BCUT2D eigenvalue weighted by atomic mass is 35.5. The molecular formula is C12H19ClN2O2S2. The fourth-order valence-electron chi connectivity index (χ4n) is 1.54. The summed E-state index contributed by atoms with van der Waals surface area (Å²) in [4.78, 5) is 0.0884. The Morgan fingerprint density at radius 2 is 2.16 bits per heavy atom. The monoisotopic (exact) mass is 322 g/mol. The van der Waals surface area contributed by atoms with E-state index in [-0.39, 0.29) is 22.5 Å². The maximum Gasteiger partial charge on any atom is 0.242 e. The van der Waals surface area contributed by atoms with Crippen molar-refractivity contribution in [3.8, 4) is 0 Å². The summed E-state index contributed by atoms with van der Waals surface area (Å²) in [6.07, 6.45) is 0. The number of hydrogen-bond acceptors (Lipinski definition) is 4. The minimum atomic E-state index is -3.60. The molecule has 1 aromatic rings. The first kappa shape index (κ1) is 16.8. The van der Waals surface area contributed by atoms with Crippen molar-refractivity contribution in [2.75, 3.05) is 11.5 Å². The first-order chi connectivity index (χ1) is 8.90. The van der Waals surface area contributed by atoms with Crippen LogP contribution in [0.2, 0.25) is 5.02 Å². The van der Waals surface area contributed by atoms with Gasteiger partial charge in [-0.3, -0.25) is 0 Å². The van der Waals surface area contributed by atoms with Gasteiger partial charge < -0.3 is 5.73 Å². The van der Waals surface area contributed by atoms with E-state index in [9.17, 15) is 8.42 Å². The number of nitrogens with two attached hydrogens (primary N) is 1. The lowest BCUT2D eigenvalue weighted by atomic mass is 10.2. The van der Waals surface area contributed by atoms with Gasteiger partial charge in [-0.2, -0.15) is 11.8 Å². The minimum absolute atomic E-state index is 0.0884. The van der Waals surface area contributed by atoms with Crippen LogP contribution in [0.1, 0.15) is 19.4 Å². The van der Waals surface area contributed by atoms with Gasteiger partial charge in [0.05, 0.1) is 5.02 Å². The van der Waals surface area contributed by atoms with E-state index in [1.807, 2.05) is 13.8 Å². The van der Waals surface area contributed by atoms with E-state index in [0.717, 1.165) is 17.1 Å². The van der Waals surface area contributed by atoms with Crippen LogP contribution in [0.4, 0.5) is 0 Å². The van der Waals surface area contributed by atoms with Gasteiger partial charge in [0.1, 0.15) is 4.90 Å². The van der Waals surface area contributed by atoms with E-state index >= 15 is 0 Å². The first-order valence-electron chi connectivity index (χ1n) is 5.99. The predicted octanol–water partition coefficient (Wildman–Crippen LogP) is 2.22. The Morgan fingerprint density at radius 1 is 1.47 bits per heavy atom. The maximum absolute atomic E-state index is 12.2. The molecule has 3 N–H and O–H groups in total. The van der Waals surface area contributed by atoms with Gasteiger partial charge in [-0.25, -0.2) is 13.1 Å². The predicted molar refractivity (Wildman–Crippen MR) is 82.1 cm³/mol. The molecule has 108 valence electrons. The topological polar surface area (TPSA) is 72.2 Å². The highest BCUT2D eigenvalue weighted by Crippen LogP contribution is 2.23. The second kappa shape index (κ2) is 7.50. The van der Waals surface area contributed by atoms with Crippen LogP contribution in [0.3, 0.4) is 0 Å². The zero-order valence-electron chi connectivity index (χ0n) is 11.0. The third-order valence-electron chi connectivity index (χ3n) is 2.45. The molecule has 19 heavy (non-hydrogen) atoms. The molecule has 0 aliphatic heterocycles. The summed E-state index contributed by atoms with van der Waals surface area (Å²) >= 11 is 7.64. The number of benzene rings is 1. The average Bonchev–Trinajstić information content (AvgIpc) is 2.36. The van der Waals surface area contributed by atoms with Gasteiger partial charge in [-0.15, -0.1) is 0 Å². The van der Waals surface area contributed by atoms with Gasteiger partial charge in [0, 0.05) is 18.3 Å². The summed E-state index contributed by atoms with van der Waals surface area (Å²) < 4.78 is 27.1. The zero-order valence-corrected chi connectivity index (χ0v) is 13.4. The molecule has 0 spiro atoms. The Balaban J connectivity index is 2.93. The summed E-state index contributed by atoms with van der Waals surface area (Å²) in [7, 11) is -3.60. The van der Waals surface area contributed by atoms with Crippen LogP contribution < -0.4 is 10.5 Å². The molecule has 1 aromatic carbocycles. The molecule has 0 radical (unpaired) electrons. The Kier molecular flexibility index (Phi) is 6.62. The Hall–Kier alpha value is -0.270. The van der Waals surface area contributed by atoms with E-state index < -0.39 is 10.0 Å². The van der Waals surface area contributed by atoms with Crippen LogP contribution in [0.5, 0.6) is 0 Å². The molecule has 0 amide bonds. The average molecular weight is 323 g/mol. The molecule has 0 aliphatic rings. The summed E-state index contributed by atoms with van der Waals surface area (Å²) in [6.45, 7) is 4.15. The van der Waals surface area contributed by atoms with E-state index in [4.69, 9.17) is 17.3 Å². The number of hydrogen-bond donors (Lipinski definition) is 2. The lowest BCUT2D eigenvalue weighted by Crippen LogP contribution is -2.34. The lowest BCUT2D eigenvalue weighted by Gasteiger charge is -2.15. The fourth-order valence-corrected chi connectivity index (χ4v) is 4.11. The first-order valence-corrected chi connectivity index (χ1v) is 9.00. The van der Waals surface area contributed by atoms with Gasteiger partial charge in [-0.05, 0) is 30.4 Å². The van der Waals surface area contributed by atoms with Crippen molar-refractivity contribution < 1.29 is 8.42 Å². The quantitative estimate of drug-likeness (QED) is 0.807. The minimum Gasteiger partial charge on any atom is -0.326 e. The van der Waals surface area contributed by atoms with E-state index in [0.29, 0.717) is 0 Å². The molecule has 0 fully saturated rings. The van der Waals surface area contributed by atoms with Crippen LogP contribution in [-0.4, -0.2) is 26.0 Å². The van der Waals surface area contributed by atoms with Crippen molar-refractivity contribution in [1.29, 1.82) is 0 Å². The molecule has 0 bridgehead atoms. The normalized spacial score (nSPS) is 13.5. The molecular weight excluding hydrogens is 304 g/mol. The van der Waals surface area contributed by atoms with Gasteiger partial charge >= 0.3 is 0 Å². The molecule has 0 aromatic heterocycles. The van der Waals surface area contributed by atoms with Gasteiger partial charge in [0.25, 0.3) is 0 Å². The van der Waals surface area contributed by atoms with Crippen molar-refractivity contribution in [2.24, 2.45) is 5.73 Å². The second-order valence-corrected chi connectivity index (χ2v) is 7.56. The van der Waals surface area contributed by atoms with Crippen molar-refractivity contribution in [1.82, 2.24) is 4.72 Å². The van der Waals surface area contributed by atoms with Crippen molar-refractivity contribution >= 4 is 33.4 Å². The molecule has 0 saturated heterocycles. The van der Waals surface area contributed by atoms with E-state index in [1.54, 1.807) is 23.9 Å². The third kappa shape index (κ3) is 4.96. The van der Waals surface area contributed by atoms with Gasteiger partial charge in [0.15, 0.2) is 0 Å². The number of thioether (sulfide) groups is 1. The number of sulfonamides is 1. The second-order valence-electron chi connectivity index (χ2n) is 4.15. The van der Waals surface area contributed by atoms with Crippen LogP contribution in [0.25, 0.3) is 0 Å². The Bertz CT molecular complexity index is 520. The third-order valence-corrected chi connectivity index (χ3v) is 5.66. The van der Waals surface area contributed by atoms with E-state index in [2.05, 4.69) is 4.72 Å². The summed E-state index contributed by atoms with van der Waals surface area (Å²) in [6, 6.07) is 4.65. The highest BCUT2D eigenvalue weighted by molar-refractivity contribution is 7.99. The molecule has 1 atom stereocenters. The molecule has 1 rings (SSSR count). The van der Waals surface area contributed by atoms with Crippen LogP contribution in [0, 0.1) is 0 Å². The van der Waals surface area contributed by atoms with E-state index in [1.165, 1.54) is 6.07 Å². The lowest BCUT2D eigenvalue weighted by molar-refractivity contribution is 0.571. The maximum atomic E-state index is 12.2. The van der Waals surface area contributed by atoms with Crippen LogP contribution >= 0.6 is 23.4 Å². The van der Waals surface area contributed by atoms with Gasteiger partial charge in [-0.1, -0.05) is 24.6 Å². The number of nitrogens with one attached hydrogen (secondary N) is 1. The van der Waals surface area contributed by atoms with Crippen LogP contribution in [-0.2, 0) is 16.6 Å². The summed E-state index contributed by atoms with van der Waals surface area (Å²) in [5.41, 5.74) is 6.25. The Labute approximate surface area is 124 Å². The molecule has 1 unspecified atom stereocenters. The molecule has 7 heteroatoms. The van der Waals surface area contributed by atoms with Crippen LogP contribution in [0.15, 0.2) is 23.1 Å². The molecule has 4 nitrogen and oxygen atoms in total. The van der Waals surface area contributed by atoms with Crippen molar-refractivity contribution in [3.05, 3.63) is 28.8 Å². The smallest absolute Gasteiger partial charge is 0.242 e.